The van der Waals surface area contributed by atoms with Crippen LogP contribution in [-0.2, 0) is 0 Å². The van der Waals surface area contributed by atoms with Crippen molar-refractivity contribution in [2.75, 3.05) is 20.3 Å². The van der Waals surface area contributed by atoms with Gasteiger partial charge in [-0.05, 0) is 6.92 Å². The van der Waals surface area contributed by atoms with E-state index in [0.717, 1.165) is 13.2 Å². The van der Waals surface area contributed by atoms with Crippen LogP contribution >= 0.6 is 0 Å². The fourth-order valence-corrected chi connectivity index (χ4v) is 0.817. The third kappa shape index (κ3) is 7.37. The molecule has 0 fully saturated rings. The largest absolute Gasteiger partial charge is 1.00 e. The summed E-state index contributed by atoms with van der Waals surface area (Å²) in [5.74, 6) is 0. The van der Waals surface area contributed by atoms with E-state index < -0.39 is 0 Å². The van der Waals surface area contributed by atoms with Crippen LogP contribution in [0.3, 0.4) is 0 Å². The maximum absolute atomic E-state index is 7.43. The summed E-state index contributed by atoms with van der Waals surface area (Å²) < 4.78 is 0. The standard InChI is InChI=1S/C6H12N2.C2N3.Li/c1-3-8-5-4-7(2)6-8;3-1-5-2-4;/h4-5H,3,6H2,1-2H3;;/q;-1;+1. The Bertz CT molecular complexity index is 227. The molecule has 0 N–H and O–H groups in total. The number of nitrogens with zero attached hydrogens (tertiary/aromatic N) is 5. The second-order valence-electron chi connectivity index (χ2n) is 2.41. The van der Waals surface area contributed by atoms with E-state index in [1.165, 1.54) is 12.4 Å². The monoisotopic (exact) mass is 185 g/mol. The van der Waals surface area contributed by atoms with Crippen molar-refractivity contribution in [3.8, 4) is 12.4 Å². The zero-order valence-corrected chi connectivity index (χ0v) is 8.80. The molecule has 0 aromatic heterocycles. The van der Waals surface area contributed by atoms with Gasteiger partial charge in [0.1, 0.15) is 0 Å². The summed E-state index contributed by atoms with van der Waals surface area (Å²) in [4.78, 5) is 4.41. The number of rotatable bonds is 1. The third-order valence-corrected chi connectivity index (χ3v) is 1.44. The second kappa shape index (κ2) is 9.80. The molecule has 1 rings (SSSR count). The van der Waals surface area contributed by atoms with Gasteiger partial charge in [0.05, 0.1) is 6.67 Å². The Morgan fingerprint density at radius 1 is 1.36 bits per heavy atom. The van der Waals surface area contributed by atoms with Gasteiger partial charge in [-0.15, -0.1) is 0 Å². The normalized spacial score (nSPS) is 11.7. The molecule has 0 aromatic carbocycles. The molecule has 1 aliphatic rings. The van der Waals surface area contributed by atoms with E-state index in [-0.39, 0.29) is 18.9 Å². The summed E-state index contributed by atoms with van der Waals surface area (Å²) in [7, 11) is 2.08. The van der Waals surface area contributed by atoms with E-state index in [9.17, 15) is 0 Å². The fraction of sp³-hybridized carbons (Fsp3) is 0.500. The van der Waals surface area contributed by atoms with E-state index >= 15 is 0 Å². The first-order chi connectivity index (χ1) is 6.24. The topological polar surface area (TPSA) is 68.2 Å². The molecule has 0 saturated heterocycles. The summed E-state index contributed by atoms with van der Waals surface area (Å²) in [5.41, 5.74) is 0. The average molecular weight is 185 g/mol. The number of nitriles is 2. The molecule has 5 nitrogen and oxygen atoms in total. The maximum atomic E-state index is 7.43. The average Bonchev–Trinajstić information content (AvgIpc) is 2.54. The van der Waals surface area contributed by atoms with Crippen molar-refractivity contribution >= 4 is 0 Å². The van der Waals surface area contributed by atoms with Gasteiger partial charge in [-0.2, -0.15) is 0 Å². The van der Waals surface area contributed by atoms with Crippen LogP contribution in [0.1, 0.15) is 6.92 Å². The smallest absolute Gasteiger partial charge is 0.385 e. The Kier molecular flexibility index (Phi) is 10.6. The Labute approximate surface area is 96.8 Å². The minimum Gasteiger partial charge on any atom is -0.385 e. The van der Waals surface area contributed by atoms with Crippen molar-refractivity contribution in [3.63, 3.8) is 0 Å². The maximum Gasteiger partial charge on any atom is 1.00 e. The molecule has 0 unspecified atom stereocenters. The summed E-state index contributed by atoms with van der Waals surface area (Å²) in [5, 5.41) is 17.4. The van der Waals surface area contributed by atoms with Crippen LogP contribution in [0.25, 0.3) is 5.32 Å². The van der Waals surface area contributed by atoms with Gasteiger partial charge in [0, 0.05) is 38.4 Å². The van der Waals surface area contributed by atoms with Crippen LogP contribution in [0.15, 0.2) is 12.4 Å². The van der Waals surface area contributed by atoms with E-state index in [2.05, 4.69) is 41.5 Å². The van der Waals surface area contributed by atoms with E-state index in [0.29, 0.717) is 0 Å². The minimum absolute atomic E-state index is 0. The molecule has 14 heavy (non-hydrogen) atoms. The zero-order valence-electron chi connectivity index (χ0n) is 8.80. The Morgan fingerprint density at radius 3 is 2.07 bits per heavy atom. The van der Waals surface area contributed by atoms with E-state index in [1.807, 2.05) is 0 Å². The molecule has 1 aliphatic heterocycles. The molecule has 0 radical (unpaired) electrons. The molecule has 0 aliphatic carbocycles. The first-order valence-electron chi connectivity index (χ1n) is 3.85. The van der Waals surface area contributed by atoms with Crippen molar-refractivity contribution < 1.29 is 18.9 Å². The predicted molar refractivity (Wildman–Crippen MR) is 48.7 cm³/mol. The van der Waals surface area contributed by atoms with Gasteiger partial charge >= 0.3 is 18.9 Å². The van der Waals surface area contributed by atoms with Crippen LogP contribution in [0.2, 0.25) is 0 Å². The van der Waals surface area contributed by atoms with Crippen LogP contribution in [0.5, 0.6) is 0 Å². The number of hydrogen-bond donors (Lipinski definition) is 0. The van der Waals surface area contributed by atoms with Gasteiger partial charge in [0.15, 0.2) is 0 Å². The van der Waals surface area contributed by atoms with Crippen LogP contribution in [0, 0.1) is 22.9 Å². The van der Waals surface area contributed by atoms with Gasteiger partial charge in [0.25, 0.3) is 0 Å². The zero-order chi connectivity index (χ0) is 10.1. The van der Waals surface area contributed by atoms with Gasteiger partial charge < -0.3 is 20.3 Å². The Balaban J connectivity index is 0. The van der Waals surface area contributed by atoms with Crippen molar-refractivity contribution in [2.45, 2.75) is 6.92 Å². The quantitative estimate of drug-likeness (QED) is 0.350. The van der Waals surface area contributed by atoms with Gasteiger partial charge in [-0.25, -0.2) is 0 Å². The summed E-state index contributed by atoms with van der Waals surface area (Å²) in [6.45, 7) is 4.32. The number of hydrogen-bond acceptors (Lipinski definition) is 4. The third-order valence-electron chi connectivity index (χ3n) is 1.44. The molecule has 0 saturated carbocycles. The van der Waals surface area contributed by atoms with E-state index in [4.69, 9.17) is 10.5 Å². The first kappa shape index (κ1) is 15.2. The van der Waals surface area contributed by atoms with Crippen molar-refractivity contribution in [2.24, 2.45) is 0 Å². The molecule has 1 heterocycles. The van der Waals surface area contributed by atoms with E-state index in [1.54, 1.807) is 0 Å². The van der Waals surface area contributed by atoms with Gasteiger partial charge in [-0.3, -0.25) is 5.32 Å². The fourth-order valence-electron chi connectivity index (χ4n) is 0.817. The predicted octanol–water partition coefficient (Wildman–Crippen LogP) is -1.99. The molecule has 0 atom stereocenters. The van der Waals surface area contributed by atoms with Crippen LogP contribution < -0.4 is 18.9 Å². The summed E-state index contributed by atoms with van der Waals surface area (Å²) in [6.07, 6.45) is 6.76. The van der Waals surface area contributed by atoms with Crippen molar-refractivity contribution in [3.05, 3.63) is 17.7 Å². The molecular weight excluding hydrogens is 173 g/mol. The molecule has 0 amide bonds. The molecule has 0 spiro atoms. The van der Waals surface area contributed by atoms with Crippen LogP contribution in [-0.4, -0.2) is 30.1 Å². The van der Waals surface area contributed by atoms with Crippen molar-refractivity contribution in [1.29, 1.82) is 10.5 Å². The molecule has 0 bridgehead atoms. The minimum atomic E-state index is 0. The summed E-state index contributed by atoms with van der Waals surface area (Å²) in [6, 6.07) is 0. The molecule has 70 valence electrons. The SMILES string of the molecule is CCN1C=CN(C)C1.N#C[N-]C#N.[Li+]. The first-order valence-corrected chi connectivity index (χ1v) is 3.85. The van der Waals surface area contributed by atoms with Gasteiger partial charge in [0.2, 0.25) is 0 Å². The van der Waals surface area contributed by atoms with Crippen molar-refractivity contribution in [1.82, 2.24) is 9.80 Å². The molecule has 0 aromatic rings. The second-order valence-corrected chi connectivity index (χ2v) is 2.41. The summed E-state index contributed by atoms with van der Waals surface area (Å²) >= 11 is 0. The molecular formula is C8H12LiN5. The molecule has 6 heteroatoms. The Hall–Kier alpha value is -1.28. The van der Waals surface area contributed by atoms with Gasteiger partial charge in [-0.1, -0.05) is 0 Å². The Morgan fingerprint density at radius 2 is 1.93 bits per heavy atom. The van der Waals surface area contributed by atoms with Crippen LogP contribution in [0.4, 0.5) is 0 Å².